The number of aromatic nitrogens is 3. The molecule has 3 amide bonds. The number of piperazine rings is 1. The predicted octanol–water partition coefficient (Wildman–Crippen LogP) is 6.38. The molecule has 12 nitrogen and oxygen atoms in total. The third kappa shape index (κ3) is 8.59. The first kappa shape index (κ1) is 38.9. The number of aromatic amines is 1. The van der Waals surface area contributed by atoms with Crippen molar-refractivity contribution in [2.45, 2.75) is 44.2 Å². The summed E-state index contributed by atoms with van der Waals surface area (Å²) in [5.41, 5.74) is 6.14. The van der Waals surface area contributed by atoms with Crippen LogP contribution in [-0.2, 0) is 20.7 Å². The van der Waals surface area contributed by atoms with E-state index in [2.05, 4.69) is 53.9 Å². The first-order valence-corrected chi connectivity index (χ1v) is 20.3. The minimum Gasteiger partial charge on any atom is -0.381 e. The zero-order valence-electron chi connectivity index (χ0n) is 32.9. The van der Waals surface area contributed by atoms with Crippen molar-refractivity contribution >= 4 is 56.7 Å². The second kappa shape index (κ2) is 17.0. The molecule has 9 rings (SSSR count). The van der Waals surface area contributed by atoms with Gasteiger partial charge in [0, 0.05) is 97.3 Å². The standard InChI is InChI=1S/C46H44F2N8O4/c47-33-24-31(25-34(48)27-33)22-30-3-7-39-38(26-30)44(53-52-39)51-45(58)37-6-5-36(28-40(37)49-35-12-20-60-21-13-35)55-18-16-54(17-19-55)14-1-2-29-4-8-41-32(23-29)11-15-56(41)42-9-10-43(57)50-46(42)59/h3-8,11,15,23-28,35,42,49H,9-10,12-14,16-22H2,(H,50,57,59)(H2,51,52,53,58). The van der Waals surface area contributed by atoms with E-state index in [9.17, 15) is 23.2 Å². The molecular weight excluding hydrogens is 767 g/mol. The molecule has 0 spiro atoms. The number of ether oxygens (including phenoxy) is 1. The molecule has 5 heterocycles. The molecule has 6 aromatic rings. The van der Waals surface area contributed by atoms with E-state index in [1.165, 1.54) is 12.1 Å². The summed E-state index contributed by atoms with van der Waals surface area (Å²) in [6.45, 7) is 5.19. The van der Waals surface area contributed by atoms with Crippen LogP contribution in [0.2, 0.25) is 0 Å². The van der Waals surface area contributed by atoms with Crippen molar-refractivity contribution in [2.24, 2.45) is 0 Å². The van der Waals surface area contributed by atoms with Crippen molar-refractivity contribution in [3.8, 4) is 11.8 Å². The lowest BCUT2D eigenvalue weighted by Gasteiger charge is -2.35. The van der Waals surface area contributed by atoms with Crippen molar-refractivity contribution in [1.29, 1.82) is 0 Å². The lowest BCUT2D eigenvalue weighted by Crippen LogP contribution is -2.46. The molecule has 1 atom stereocenters. The van der Waals surface area contributed by atoms with E-state index in [0.29, 0.717) is 61.4 Å². The van der Waals surface area contributed by atoms with Crippen LogP contribution < -0.4 is 20.9 Å². The Labute approximate surface area is 345 Å². The largest absolute Gasteiger partial charge is 0.381 e. The summed E-state index contributed by atoms with van der Waals surface area (Å²) in [5.74, 6) is 4.96. The van der Waals surface area contributed by atoms with E-state index in [0.717, 1.165) is 84.0 Å². The number of fused-ring (bicyclic) bond motifs is 2. The van der Waals surface area contributed by atoms with Gasteiger partial charge in [-0.15, -0.1) is 0 Å². The fraction of sp³-hybridized carbons (Fsp3) is 0.304. The Morgan fingerprint density at radius 2 is 1.70 bits per heavy atom. The number of halogens is 2. The number of H-pyrrole nitrogens is 1. The summed E-state index contributed by atoms with van der Waals surface area (Å²) >= 11 is 0. The maximum atomic E-state index is 14.0. The maximum Gasteiger partial charge on any atom is 0.258 e. The SMILES string of the molecule is O=C1CCC(n2ccc3cc(C#CCN4CCN(c5ccc(C(=O)Nc6n[nH]c7ccc(Cc8cc(F)cc(F)c8)cc67)c(NC6CCOCC6)c5)CC4)ccc32)C(=O)N1. The number of amides is 3. The van der Waals surface area contributed by atoms with Gasteiger partial charge in [-0.05, 0) is 104 Å². The minimum atomic E-state index is -0.628. The van der Waals surface area contributed by atoms with Crippen LogP contribution in [0, 0.1) is 23.5 Å². The van der Waals surface area contributed by atoms with Crippen molar-refractivity contribution < 1.29 is 27.9 Å². The topological polar surface area (TPSA) is 137 Å². The van der Waals surface area contributed by atoms with Gasteiger partial charge in [0.05, 0.1) is 17.6 Å². The lowest BCUT2D eigenvalue weighted by atomic mass is 10.0. The van der Waals surface area contributed by atoms with Crippen LogP contribution in [0.1, 0.15) is 58.8 Å². The summed E-state index contributed by atoms with van der Waals surface area (Å²) in [4.78, 5) is 42.7. The summed E-state index contributed by atoms with van der Waals surface area (Å²) in [7, 11) is 0. The zero-order chi connectivity index (χ0) is 41.2. The molecule has 3 saturated heterocycles. The van der Waals surface area contributed by atoms with Crippen molar-refractivity contribution in [3.63, 3.8) is 0 Å². The molecule has 0 aliphatic carbocycles. The Hall–Kier alpha value is -6.56. The molecule has 3 aliphatic rings. The zero-order valence-corrected chi connectivity index (χ0v) is 32.9. The van der Waals surface area contributed by atoms with E-state index in [1.807, 2.05) is 65.4 Å². The highest BCUT2D eigenvalue weighted by molar-refractivity contribution is 6.11. The Bertz CT molecular complexity index is 2650. The molecular formula is C46H44F2N8O4. The lowest BCUT2D eigenvalue weighted by molar-refractivity contribution is -0.135. The average molecular weight is 811 g/mol. The molecule has 4 aromatic carbocycles. The van der Waals surface area contributed by atoms with E-state index in [-0.39, 0.29) is 23.8 Å². The van der Waals surface area contributed by atoms with Crippen LogP contribution in [0.5, 0.6) is 0 Å². The monoisotopic (exact) mass is 810 g/mol. The Morgan fingerprint density at radius 1 is 0.883 bits per heavy atom. The third-order valence-corrected chi connectivity index (χ3v) is 11.6. The highest BCUT2D eigenvalue weighted by atomic mass is 19.1. The molecule has 3 aliphatic heterocycles. The highest BCUT2D eigenvalue weighted by Gasteiger charge is 2.29. The number of piperidine rings is 1. The first-order valence-electron chi connectivity index (χ1n) is 20.3. The molecule has 1 unspecified atom stereocenters. The van der Waals surface area contributed by atoms with Gasteiger partial charge < -0.3 is 24.8 Å². The van der Waals surface area contributed by atoms with E-state index in [4.69, 9.17) is 4.74 Å². The number of carbonyl (C=O) groups excluding carboxylic acids is 3. The minimum absolute atomic E-state index is 0.156. The fourth-order valence-corrected chi connectivity index (χ4v) is 8.38. The Kier molecular flexibility index (Phi) is 11.0. The van der Waals surface area contributed by atoms with E-state index >= 15 is 0 Å². The van der Waals surface area contributed by atoms with Crippen LogP contribution in [0.15, 0.2) is 85.1 Å². The number of imide groups is 1. The molecule has 0 saturated carbocycles. The highest BCUT2D eigenvalue weighted by Crippen LogP contribution is 2.30. The molecule has 0 radical (unpaired) electrons. The van der Waals surface area contributed by atoms with Crippen molar-refractivity contribution in [2.75, 3.05) is 61.5 Å². The molecule has 0 bridgehead atoms. The fourth-order valence-electron chi connectivity index (χ4n) is 8.38. The molecule has 3 fully saturated rings. The van der Waals surface area contributed by atoms with Crippen LogP contribution in [0.25, 0.3) is 21.8 Å². The number of hydrogen-bond donors (Lipinski definition) is 4. The normalized spacial score (nSPS) is 17.7. The van der Waals surface area contributed by atoms with Gasteiger partial charge >= 0.3 is 0 Å². The summed E-state index contributed by atoms with van der Waals surface area (Å²) in [6, 6.07) is 22.7. The van der Waals surface area contributed by atoms with E-state index in [1.54, 1.807) is 0 Å². The number of anilines is 3. The second-order valence-corrected chi connectivity index (χ2v) is 15.7. The van der Waals surface area contributed by atoms with Crippen LogP contribution in [0.3, 0.4) is 0 Å². The molecule has 4 N–H and O–H groups in total. The second-order valence-electron chi connectivity index (χ2n) is 15.7. The smallest absolute Gasteiger partial charge is 0.258 e. The number of nitrogens with one attached hydrogen (secondary N) is 4. The van der Waals surface area contributed by atoms with Gasteiger partial charge in [0.25, 0.3) is 5.91 Å². The number of carbonyl (C=O) groups is 3. The van der Waals surface area contributed by atoms with Gasteiger partial charge in [-0.25, -0.2) is 8.78 Å². The van der Waals surface area contributed by atoms with Gasteiger partial charge in [-0.1, -0.05) is 17.9 Å². The maximum absolute atomic E-state index is 14.0. The number of rotatable bonds is 9. The molecule has 60 heavy (non-hydrogen) atoms. The first-order chi connectivity index (χ1) is 29.2. The van der Waals surface area contributed by atoms with E-state index < -0.39 is 17.7 Å². The molecule has 306 valence electrons. The van der Waals surface area contributed by atoms with Crippen LogP contribution in [0.4, 0.5) is 26.0 Å². The van der Waals surface area contributed by atoms with Gasteiger partial charge in [0.15, 0.2) is 5.82 Å². The summed E-state index contributed by atoms with van der Waals surface area (Å²) in [6.07, 6.45) is 4.69. The molecule has 14 heteroatoms. The Morgan fingerprint density at radius 3 is 2.50 bits per heavy atom. The summed E-state index contributed by atoms with van der Waals surface area (Å²) < 4.78 is 35.3. The van der Waals surface area contributed by atoms with Gasteiger partial charge in [-0.2, -0.15) is 5.10 Å². The number of benzene rings is 4. The van der Waals surface area contributed by atoms with Gasteiger partial charge in [-0.3, -0.25) is 29.7 Å². The average Bonchev–Trinajstić information content (AvgIpc) is 3.84. The predicted molar refractivity (Wildman–Crippen MR) is 226 cm³/mol. The van der Waals surface area contributed by atoms with Crippen LogP contribution >= 0.6 is 0 Å². The molecule has 2 aromatic heterocycles. The summed E-state index contributed by atoms with van der Waals surface area (Å²) in [5, 5.41) is 18.1. The number of hydrogen-bond acceptors (Lipinski definition) is 8. The number of nitrogens with zero attached hydrogens (tertiary/aromatic N) is 4. The van der Waals surface area contributed by atoms with Gasteiger partial charge in [0.2, 0.25) is 11.8 Å². The van der Waals surface area contributed by atoms with Gasteiger partial charge in [0.1, 0.15) is 17.7 Å². The van der Waals surface area contributed by atoms with Crippen molar-refractivity contribution in [3.05, 3.63) is 119 Å². The Balaban J connectivity index is 0.855. The third-order valence-electron chi connectivity index (χ3n) is 11.6. The van der Waals surface area contributed by atoms with Crippen LogP contribution in [-0.4, -0.2) is 89.4 Å². The quantitative estimate of drug-likeness (QED) is 0.0977. The van der Waals surface area contributed by atoms with Crippen molar-refractivity contribution in [1.82, 2.24) is 25.0 Å².